The average Bonchev–Trinajstić information content (AvgIpc) is 2.78. The summed E-state index contributed by atoms with van der Waals surface area (Å²) in [5.41, 5.74) is 3.31. The van der Waals surface area contributed by atoms with Gasteiger partial charge in [-0.3, -0.25) is 14.4 Å². The van der Waals surface area contributed by atoms with Crippen molar-refractivity contribution in [3.8, 4) is 0 Å². The molecule has 6 nitrogen and oxygen atoms in total. The lowest BCUT2D eigenvalue weighted by molar-refractivity contribution is 0.102. The van der Waals surface area contributed by atoms with Crippen molar-refractivity contribution in [1.29, 1.82) is 0 Å². The minimum Gasteiger partial charge on any atom is -0.322 e. The summed E-state index contributed by atoms with van der Waals surface area (Å²) in [6, 6.07) is 18.6. The summed E-state index contributed by atoms with van der Waals surface area (Å²) >= 11 is 6.30. The zero-order valence-corrected chi connectivity index (χ0v) is 20.5. The molecule has 0 atom stereocenters. The van der Waals surface area contributed by atoms with E-state index in [4.69, 9.17) is 11.6 Å². The van der Waals surface area contributed by atoms with E-state index in [1.54, 1.807) is 12.1 Å². The number of hydrogen-bond acceptors (Lipinski definition) is 4. The number of nitrogens with one attached hydrogen (secondary N) is 2. The molecule has 0 bridgehead atoms. The zero-order chi connectivity index (χ0) is 24.0. The van der Waals surface area contributed by atoms with Crippen LogP contribution in [0.4, 0.5) is 11.4 Å². The molecule has 2 N–H and O–H groups in total. The Balaban J connectivity index is 1.68. The highest BCUT2D eigenvalue weighted by Gasteiger charge is 2.16. The second-order valence-corrected chi connectivity index (χ2v) is 9.82. The smallest absolute Gasteiger partial charge is 0.261 e. The van der Waals surface area contributed by atoms with Crippen molar-refractivity contribution in [2.75, 3.05) is 23.1 Å². The van der Waals surface area contributed by atoms with E-state index in [1.807, 2.05) is 31.2 Å². The highest BCUT2D eigenvalue weighted by molar-refractivity contribution is 7.92. The van der Waals surface area contributed by atoms with Crippen molar-refractivity contribution in [3.05, 3.63) is 88.4 Å². The van der Waals surface area contributed by atoms with Crippen LogP contribution in [0, 0.1) is 6.92 Å². The molecule has 0 saturated carbocycles. The number of rotatable bonds is 9. The Kier molecular flexibility index (Phi) is 8.13. The topological polar surface area (TPSA) is 78.5 Å². The van der Waals surface area contributed by atoms with E-state index in [9.17, 15) is 13.2 Å². The third-order valence-electron chi connectivity index (χ3n) is 5.31. The van der Waals surface area contributed by atoms with Crippen molar-refractivity contribution in [2.45, 2.75) is 32.2 Å². The van der Waals surface area contributed by atoms with Crippen LogP contribution in [0.1, 0.15) is 35.3 Å². The van der Waals surface area contributed by atoms with Gasteiger partial charge in [0.25, 0.3) is 15.9 Å². The number of nitrogens with zero attached hydrogens (tertiary/aromatic N) is 1. The van der Waals surface area contributed by atoms with Crippen molar-refractivity contribution in [2.24, 2.45) is 0 Å². The van der Waals surface area contributed by atoms with Gasteiger partial charge in [0.05, 0.1) is 21.2 Å². The van der Waals surface area contributed by atoms with Gasteiger partial charge in [-0.05, 0) is 68.0 Å². The summed E-state index contributed by atoms with van der Waals surface area (Å²) in [6.07, 6.45) is 0. The normalized spacial score (nSPS) is 11.4. The molecule has 0 fully saturated rings. The van der Waals surface area contributed by atoms with Crippen LogP contribution in [0.15, 0.2) is 71.6 Å². The quantitative estimate of drug-likeness (QED) is 0.417. The number of carbonyl (C=O) groups excluding carboxylic acids is 1. The summed E-state index contributed by atoms with van der Waals surface area (Å²) in [7, 11) is -3.76. The molecule has 8 heteroatoms. The molecule has 0 aliphatic carbocycles. The standard InChI is InChI=1S/C25H28ClN3O3S/c1-4-29(5-2)17-19-8-10-20(11-9-19)27-25(30)23-15-12-21(16-24(23)26)28-33(31,32)22-13-6-18(3)7-14-22/h6-16,28H,4-5,17H2,1-3H3,(H,27,30). The number of amides is 1. The second-order valence-electron chi connectivity index (χ2n) is 7.73. The van der Waals surface area contributed by atoms with Crippen LogP contribution in [0.2, 0.25) is 5.02 Å². The zero-order valence-electron chi connectivity index (χ0n) is 18.9. The van der Waals surface area contributed by atoms with Crippen LogP contribution >= 0.6 is 11.6 Å². The molecule has 1 amide bonds. The van der Waals surface area contributed by atoms with Gasteiger partial charge in [0, 0.05) is 12.2 Å². The van der Waals surface area contributed by atoms with Crippen LogP contribution in [0.3, 0.4) is 0 Å². The van der Waals surface area contributed by atoms with Gasteiger partial charge in [0.15, 0.2) is 0 Å². The minimum atomic E-state index is -3.76. The van der Waals surface area contributed by atoms with Crippen molar-refractivity contribution >= 4 is 38.9 Å². The first-order valence-electron chi connectivity index (χ1n) is 10.7. The molecule has 3 rings (SSSR count). The largest absolute Gasteiger partial charge is 0.322 e. The van der Waals surface area contributed by atoms with Crippen molar-refractivity contribution in [1.82, 2.24) is 4.90 Å². The SMILES string of the molecule is CCN(CC)Cc1ccc(NC(=O)c2ccc(NS(=O)(=O)c3ccc(C)cc3)cc2Cl)cc1. The Labute approximate surface area is 200 Å². The number of aryl methyl sites for hydroxylation is 1. The number of hydrogen-bond donors (Lipinski definition) is 2. The van der Waals surface area contributed by atoms with Crippen LogP contribution < -0.4 is 10.0 Å². The van der Waals surface area contributed by atoms with Crippen LogP contribution in [-0.4, -0.2) is 32.3 Å². The number of carbonyl (C=O) groups is 1. The molecular formula is C25H28ClN3O3S. The van der Waals surface area contributed by atoms with E-state index >= 15 is 0 Å². The molecule has 0 unspecified atom stereocenters. The molecule has 0 radical (unpaired) electrons. The predicted molar refractivity (Wildman–Crippen MR) is 134 cm³/mol. The van der Waals surface area contributed by atoms with E-state index in [0.717, 1.165) is 25.2 Å². The van der Waals surface area contributed by atoms with Gasteiger partial charge in [0.2, 0.25) is 0 Å². The molecular weight excluding hydrogens is 458 g/mol. The maximum absolute atomic E-state index is 12.7. The van der Waals surface area contributed by atoms with Crippen LogP contribution in [0.25, 0.3) is 0 Å². The Morgan fingerprint density at radius 2 is 1.52 bits per heavy atom. The molecule has 0 saturated heterocycles. The lowest BCUT2D eigenvalue weighted by atomic mass is 10.1. The molecule has 33 heavy (non-hydrogen) atoms. The molecule has 3 aromatic rings. The number of anilines is 2. The van der Waals surface area contributed by atoms with Gasteiger partial charge >= 0.3 is 0 Å². The fourth-order valence-corrected chi connectivity index (χ4v) is 4.61. The van der Waals surface area contributed by atoms with Crippen molar-refractivity contribution < 1.29 is 13.2 Å². The Hall–Kier alpha value is -2.87. The summed E-state index contributed by atoms with van der Waals surface area (Å²) in [5, 5.41) is 2.98. The third-order valence-corrected chi connectivity index (χ3v) is 7.02. The minimum absolute atomic E-state index is 0.148. The fraction of sp³-hybridized carbons (Fsp3) is 0.240. The molecule has 174 valence electrons. The van der Waals surface area contributed by atoms with E-state index < -0.39 is 10.0 Å². The summed E-state index contributed by atoms with van der Waals surface area (Å²) in [6.45, 7) is 8.94. The second kappa shape index (κ2) is 10.8. The fourth-order valence-electron chi connectivity index (χ4n) is 3.29. The molecule has 0 aliphatic heterocycles. The van der Waals surface area contributed by atoms with Crippen molar-refractivity contribution in [3.63, 3.8) is 0 Å². The Morgan fingerprint density at radius 1 is 0.909 bits per heavy atom. The summed E-state index contributed by atoms with van der Waals surface area (Å²) < 4.78 is 27.7. The summed E-state index contributed by atoms with van der Waals surface area (Å²) in [4.78, 5) is 15.2. The Morgan fingerprint density at radius 3 is 2.09 bits per heavy atom. The van der Waals surface area contributed by atoms with E-state index in [1.165, 1.54) is 35.9 Å². The van der Waals surface area contributed by atoms with E-state index in [2.05, 4.69) is 28.8 Å². The number of halogens is 1. The highest BCUT2D eigenvalue weighted by Crippen LogP contribution is 2.24. The number of sulfonamides is 1. The molecule has 0 heterocycles. The van der Waals surface area contributed by atoms with Gasteiger partial charge in [0.1, 0.15) is 0 Å². The maximum atomic E-state index is 12.7. The molecule has 0 aromatic heterocycles. The van der Waals surface area contributed by atoms with Gasteiger partial charge in [-0.1, -0.05) is 55.3 Å². The lowest BCUT2D eigenvalue weighted by Gasteiger charge is -2.18. The predicted octanol–water partition coefficient (Wildman–Crippen LogP) is 5.54. The Bertz CT molecular complexity index is 1210. The molecule has 0 spiro atoms. The van der Waals surface area contributed by atoms with Gasteiger partial charge < -0.3 is 5.32 Å². The maximum Gasteiger partial charge on any atom is 0.261 e. The van der Waals surface area contributed by atoms with Crippen LogP contribution in [-0.2, 0) is 16.6 Å². The lowest BCUT2D eigenvalue weighted by Crippen LogP contribution is -2.22. The van der Waals surface area contributed by atoms with E-state index in [0.29, 0.717) is 5.69 Å². The first-order valence-corrected chi connectivity index (χ1v) is 12.6. The van der Waals surface area contributed by atoms with Gasteiger partial charge in [-0.15, -0.1) is 0 Å². The first-order chi connectivity index (χ1) is 15.7. The molecule has 3 aromatic carbocycles. The third kappa shape index (κ3) is 6.57. The monoisotopic (exact) mass is 485 g/mol. The van der Waals surface area contributed by atoms with Crippen LogP contribution in [0.5, 0.6) is 0 Å². The van der Waals surface area contributed by atoms with Gasteiger partial charge in [-0.2, -0.15) is 0 Å². The number of benzene rings is 3. The molecule has 0 aliphatic rings. The first kappa shape index (κ1) is 24.8. The average molecular weight is 486 g/mol. The van der Waals surface area contributed by atoms with Gasteiger partial charge in [-0.25, -0.2) is 8.42 Å². The van der Waals surface area contributed by atoms with E-state index in [-0.39, 0.29) is 27.1 Å². The summed E-state index contributed by atoms with van der Waals surface area (Å²) in [5.74, 6) is -0.371. The highest BCUT2D eigenvalue weighted by atomic mass is 35.5.